The van der Waals surface area contributed by atoms with Gasteiger partial charge in [0, 0.05) is 13.2 Å². The Bertz CT molecular complexity index is 290. The predicted octanol–water partition coefficient (Wildman–Crippen LogP) is -0.708. The first kappa shape index (κ1) is 6.60. The Hall–Kier alpha value is -1.52. The van der Waals surface area contributed by atoms with E-state index in [1.165, 1.54) is 0 Å². The van der Waals surface area contributed by atoms with Gasteiger partial charge in [-0.15, -0.1) is 0 Å². The molecule has 5 heteroatoms. The van der Waals surface area contributed by atoms with E-state index in [-0.39, 0.29) is 5.62 Å². The quantitative estimate of drug-likeness (QED) is 0.369. The summed E-state index contributed by atoms with van der Waals surface area (Å²) >= 11 is 0. The minimum absolute atomic E-state index is 0.194. The average Bonchev–Trinajstić information content (AvgIpc) is 1.94. The lowest BCUT2D eigenvalue weighted by Gasteiger charge is -1.96. The van der Waals surface area contributed by atoms with Crippen molar-refractivity contribution < 1.29 is 5.21 Å². The predicted molar refractivity (Wildman–Crippen MR) is 35.0 cm³/mol. The highest BCUT2D eigenvalue weighted by Crippen LogP contribution is 1.86. The molecule has 3 N–H and O–H groups in total. The summed E-state index contributed by atoms with van der Waals surface area (Å²) < 4.78 is 1.55. The van der Waals surface area contributed by atoms with E-state index in [1.807, 2.05) is 0 Å². The molecule has 0 fully saturated rings. The van der Waals surface area contributed by atoms with Crippen molar-refractivity contribution in [2.75, 3.05) is 5.73 Å². The molecule has 1 heterocycles. The van der Waals surface area contributed by atoms with Gasteiger partial charge in [-0.05, 0) is 11.2 Å². The Morgan fingerprint density at radius 2 is 2.50 bits per heavy atom. The number of nitrogens with two attached hydrogens (primary N) is 1. The van der Waals surface area contributed by atoms with Crippen LogP contribution < -0.4 is 11.4 Å². The van der Waals surface area contributed by atoms with Gasteiger partial charge in [0.2, 0.25) is 0 Å². The number of aryl methyl sites for hydroxylation is 1. The number of aromatic nitrogens is 2. The van der Waals surface area contributed by atoms with Gasteiger partial charge in [-0.1, -0.05) is 0 Å². The molecule has 0 saturated carbocycles. The first-order chi connectivity index (χ1) is 4.74. The molecule has 0 bridgehead atoms. The van der Waals surface area contributed by atoms with Crippen molar-refractivity contribution in [1.82, 2.24) is 9.55 Å². The van der Waals surface area contributed by atoms with Gasteiger partial charge in [0.1, 0.15) is 5.82 Å². The molecule has 0 aliphatic heterocycles. The first-order valence-corrected chi connectivity index (χ1v) is 2.71. The summed E-state index contributed by atoms with van der Waals surface area (Å²) in [6.07, 6.45) is 1.66. The highest BCUT2D eigenvalue weighted by atomic mass is 16.4. The van der Waals surface area contributed by atoms with E-state index in [0.717, 1.165) is 0 Å². The normalized spacial score (nSPS) is 11.9. The zero-order chi connectivity index (χ0) is 7.56. The second-order valence-corrected chi connectivity index (χ2v) is 1.86. The summed E-state index contributed by atoms with van der Waals surface area (Å²) in [5.41, 5.74) is 5.50. The van der Waals surface area contributed by atoms with E-state index >= 15 is 0 Å². The molecule has 0 atom stereocenters. The van der Waals surface area contributed by atoms with Gasteiger partial charge in [-0.25, -0.2) is 0 Å². The molecule has 1 aromatic heterocycles. The summed E-state index contributed by atoms with van der Waals surface area (Å²) in [5.74, 6) is 0.339. The molecule has 1 aromatic rings. The second kappa shape index (κ2) is 2.38. The molecule has 0 radical (unpaired) electrons. The van der Waals surface area contributed by atoms with Crippen LogP contribution >= 0.6 is 0 Å². The fourth-order valence-electron chi connectivity index (χ4n) is 0.579. The standard InChI is InChI=1S/C5H8N4O/c1-9-3-2-4(6)7-5(9)8-10/h2-3,10H,1H3,(H2,6,7,8). The van der Waals surface area contributed by atoms with Gasteiger partial charge < -0.3 is 15.5 Å². The number of hydrogen-bond donors (Lipinski definition) is 2. The highest BCUT2D eigenvalue weighted by Gasteiger charge is 1.88. The minimum Gasteiger partial charge on any atom is -0.408 e. The molecular formula is C5H8N4O. The van der Waals surface area contributed by atoms with E-state index in [1.54, 1.807) is 23.9 Å². The largest absolute Gasteiger partial charge is 0.408 e. The van der Waals surface area contributed by atoms with Gasteiger partial charge >= 0.3 is 0 Å². The highest BCUT2D eigenvalue weighted by molar-refractivity contribution is 5.23. The maximum Gasteiger partial charge on any atom is 0.267 e. The van der Waals surface area contributed by atoms with Crippen LogP contribution in [0.1, 0.15) is 0 Å². The van der Waals surface area contributed by atoms with E-state index < -0.39 is 0 Å². The lowest BCUT2D eigenvalue weighted by molar-refractivity contribution is 0.290. The Morgan fingerprint density at radius 3 is 3.00 bits per heavy atom. The second-order valence-electron chi connectivity index (χ2n) is 1.86. The van der Waals surface area contributed by atoms with Crippen molar-refractivity contribution in [3.05, 3.63) is 17.9 Å². The van der Waals surface area contributed by atoms with Crippen molar-refractivity contribution >= 4 is 5.82 Å². The van der Waals surface area contributed by atoms with Crippen LogP contribution in [0.15, 0.2) is 17.4 Å². The van der Waals surface area contributed by atoms with Crippen LogP contribution in [0.3, 0.4) is 0 Å². The van der Waals surface area contributed by atoms with Crippen LogP contribution in [0.4, 0.5) is 5.82 Å². The Balaban J connectivity index is 3.37. The maximum absolute atomic E-state index is 8.33. The molecule has 54 valence electrons. The zero-order valence-electron chi connectivity index (χ0n) is 5.52. The van der Waals surface area contributed by atoms with Crippen LogP contribution in [0.5, 0.6) is 0 Å². The number of anilines is 1. The van der Waals surface area contributed by atoms with Crippen molar-refractivity contribution in [1.29, 1.82) is 0 Å². The molecule has 1 rings (SSSR count). The van der Waals surface area contributed by atoms with Crippen LogP contribution in [0.25, 0.3) is 0 Å². The zero-order valence-corrected chi connectivity index (χ0v) is 5.52. The Labute approximate surface area is 57.4 Å². The van der Waals surface area contributed by atoms with Gasteiger partial charge in [0.05, 0.1) is 0 Å². The summed E-state index contributed by atoms with van der Waals surface area (Å²) in [5, 5.41) is 11.2. The van der Waals surface area contributed by atoms with Crippen LogP contribution in [0, 0.1) is 0 Å². The molecule has 0 aliphatic carbocycles. The lowest BCUT2D eigenvalue weighted by Crippen LogP contribution is -2.21. The van der Waals surface area contributed by atoms with Gasteiger partial charge in [0.15, 0.2) is 0 Å². The van der Waals surface area contributed by atoms with Crippen LogP contribution in [-0.2, 0) is 7.05 Å². The van der Waals surface area contributed by atoms with E-state index in [2.05, 4.69) is 10.1 Å². The SMILES string of the molecule is Cn1ccc(N)nc1=NO. The number of nitrogens with zero attached hydrogens (tertiary/aromatic N) is 3. The van der Waals surface area contributed by atoms with Gasteiger partial charge in [-0.2, -0.15) is 4.98 Å². The first-order valence-electron chi connectivity index (χ1n) is 2.71. The number of hydrogen-bond acceptors (Lipinski definition) is 4. The molecule has 0 unspecified atom stereocenters. The molecule has 0 spiro atoms. The average molecular weight is 140 g/mol. The van der Waals surface area contributed by atoms with E-state index in [4.69, 9.17) is 10.9 Å². The van der Waals surface area contributed by atoms with Crippen molar-refractivity contribution in [2.24, 2.45) is 12.2 Å². The third-order valence-electron chi connectivity index (χ3n) is 1.10. The number of nitrogen functional groups attached to an aromatic ring is 1. The smallest absolute Gasteiger partial charge is 0.267 e. The lowest BCUT2D eigenvalue weighted by atomic mass is 10.6. The van der Waals surface area contributed by atoms with Gasteiger partial charge in [-0.3, -0.25) is 0 Å². The van der Waals surface area contributed by atoms with Crippen LogP contribution in [0.2, 0.25) is 0 Å². The van der Waals surface area contributed by atoms with Crippen molar-refractivity contribution in [3.8, 4) is 0 Å². The molecule has 0 amide bonds. The third kappa shape index (κ3) is 1.07. The molecule has 0 aromatic carbocycles. The molecule has 0 aliphatic rings. The summed E-state index contributed by atoms with van der Waals surface area (Å²) in [6, 6.07) is 1.62. The topological polar surface area (TPSA) is 76.4 Å². The molecule has 0 saturated heterocycles. The minimum atomic E-state index is 0.194. The molecular weight excluding hydrogens is 132 g/mol. The Kier molecular flexibility index (Phi) is 1.57. The van der Waals surface area contributed by atoms with Crippen molar-refractivity contribution in [3.63, 3.8) is 0 Å². The van der Waals surface area contributed by atoms with Gasteiger partial charge in [0.25, 0.3) is 5.62 Å². The fourth-order valence-corrected chi connectivity index (χ4v) is 0.579. The Morgan fingerprint density at radius 1 is 1.80 bits per heavy atom. The summed E-state index contributed by atoms with van der Waals surface area (Å²) in [4.78, 5) is 3.72. The van der Waals surface area contributed by atoms with E-state index in [0.29, 0.717) is 5.82 Å². The van der Waals surface area contributed by atoms with E-state index in [9.17, 15) is 0 Å². The summed E-state index contributed by atoms with van der Waals surface area (Å²) in [6.45, 7) is 0. The molecule has 10 heavy (non-hydrogen) atoms. The van der Waals surface area contributed by atoms with Crippen LogP contribution in [-0.4, -0.2) is 14.8 Å². The summed E-state index contributed by atoms with van der Waals surface area (Å²) in [7, 11) is 1.71. The maximum atomic E-state index is 8.33. The fraction of sp³-hybridized carbons (Fsp3) is 0.200. The number of rotatable bonds is 0. The van der Waals surface area contributed by atoms with Crippen molar-refractivity contribution in [2.45, 2.75) is 0 Å². The third-order valence-corrected chi connectivity index (χ3v) is 1.10. The monoisotopic (exact) mass is 140 g/mol. The molecule has 5 nitrogen and oxygen atoms in total.